The molecule has 1 aromatic rings. The van der Waals surface area contributed by atoms with Crippen molar-refractivity contribution in [3.05, 3.63) is 15.9 Å². The Morgan fingerprint density at radius 3 is 3.00 bits per heavy atom. The molecule has 0 aliphatic heterocycles. The first-order valence-electron chi connectivity index (χ1n) is 3.96. The molecule has 0 spiro atoms. The molecule has 0 amide bonds. The lowest BCUT2D eigenvalue weighted by Crippen LogP contribution is -2.14. The van der Waals surface area contributed by atoms with Crippen molar-refractivity contribution in [1.82, 2.24) is 5.32 Å². The van der Waals surface area contributed by atoms with Crippen LogP contribution in [0.4, 0.5) is 0 Å². The molecule has 1 aliphatic rings. The molecule has 0 aromatic carbocycles. The molecule has 4 heteroatoms. The zero-order valence-electron chi connectivity index (χ0n) is 6.55. The molecule has 66 valence electrons. The summed E-state index contributed by atoms with van der Waals surface area (Å²) in [6, 6.07) is 5.08. The van der Waals surface area contributed by atoms with Crippen molar-refractivity contribution < 1.29 is 0 Å². The van der Waals surface area contributed by atoms with Crippen LogP contribution in [0.3, 0.4) is 0 Å². The summed E-state index contributed by atoms with van der Waals surface area (Å²) in [5.74, 6) is 1.05. The Labute approximate surface area is 89.1 Å². The van der Waals surface area contributed by atoms with Crippen LogP contribution in [0.25, 0.3) is 0 Å². The third kappa shape index (κ3) is 2.76. The summed E-state index contributed by atoms with van der Waals surface area (Å²) in [4.78, 5) is 0. The standard InChI is InChI=1S/C8H10BrNS2/c9-7-3-4-8(12-7)11-5-10-6-1-2-6/h3-4,6,10H,1-2,5H2. The monoisotopic (exact) mass is 263 g/mol. The van der Waals surface area contributed by atoms with Crippen LogP contribution in [-0.2, 0) is 0 Å². The van der Waals surface area contributed by atoms with Gasteiger partial charge in [-0.3, -0.25) is 0 Å². The zero-order valence-corrected chi connectivity index (χ0v) is 9.77. The van der Waals surface area contributed by atoms with Crippen LogP contribution >= 0.6 is 39.0 Å². The second-order valence-electron chi connectivity index (χ2n) is 2.83. The molecule has 1 fully saturated rings. The van der Waals surface area contributed by atoms with Crippen molar-refractivity contribution in [2.45, 2.75) is 23.1 Å². The fourth-order valence-electron chi connectivity index (χ4n) is 0.893. The fraction of sp³-hybridized carbons (Fsp3) is 0.500. The first-order chi connectivity index (χ1) is 5.84. The average molecular weight is 264 g/mol. The number of thioether (sulfide) groups is 1. The SMILES string of the molecule is Brc1ccc(SCNC2CC2)s1. The van der Waals surface area contributed by atoms with Gasteiger partial charge < -0.3 is 5.32 Å². The average Bonchev–Trinajstić information content (AvgIpc) is 2.76. The van der Waals surface area contributed by atoms with Gasteiger partial charge in [-0.25, -0.2) is 0 Å². The third-order valence-corrected chi connectivity index (χ3v) is 4.47. The highest BCUT2D eigenvalue weighted by atomic mass is 79.9. The summed E-state index contributed by atoms with van der Waals surface area (Å²) in [6.07, 6.45) is 2.74. The Balaban J connectivity index is 1.71. The van der Waals surface area contributed by atoms with Gasteiger partial charge in [-0.15, -0.1) is 11.3 Å². The lowest BCUT2D eigenvalue weighted by molar-refractivity contribution is 0.789. The summed E-state index contributed by atoms with van der Waals surface area (Å²) in [6.45, 7) is 0. The van der Waals surface area contributed by atoms with Gasteiger partial charge in [0.05, 0.1) is 8.00 Å². The molecule has 0 saturated heterocycles. The van der Waals surface area contributed by atoms with E-state index in [0.717, 1.165) is 11.9 Å². The predicted octanol–water partition coefficient (Wildman–Crippen LogP) is 3.31. The largest absolute Gasteiger partial charge is 0.305 e. The van der Waals surface area contributed by atoms with E-state index in [1.54, 1.807) is 11.3 Å². The molecule has 0 atom stereocenters. The number of rotatable bonds is 4. The van der Waals surface area contributed by atoms with Gasteiger partial charge in [0.15, 0.2) is 0 Å². The van der Waals surface area contributed by atoms with Crippen LogP contribution in [0.15, 0.2) is 20.1 Å². The van der Waals surface area contributed by atoms with Gasteiger partial charge >= 0.3 is 0 Å². The van der Waals surface area contributed by atoms with Gasteiger partial charge in [-0.05, 0) is 40.9 Å². The maximum Gasteiger partial charge on any atom is 0.0710 e. The molecular weight excluding hydrogens is 254 g/mol. The Kier molecular flexibility index (Phi) is 3.12. The second kappa shape index (κ2) is 4.13. The molecule has 1 saturated carbocycles. The molecule has 1 aromatic heterocycles. The third-order valence-electron chi connectivity index (χ3n) is 1.71. The van der Waals surface area contributed by atoms with Crippen molar-refractivity contribution in [2.24, 2.45) is 0 Å². The molecule has 0 radical (unpaired) electrons. The fourth-order valence-corrected chi connectivity index (χ4v) is 3.64. The Morgan fingerprint density at radius 2 is 2.42 bits per heavy atom. The highest BCUT2D eigenvalue weighted by Gasteiger charge is 2.19. The van der Waals surface area contributed by atoms with Gasteiger partial charge in [0, 0.05) is 11.9 Å². The quantitative estimate of drug-likeness (QED) is 0.661. The summed E-state index contributed by atoms with van der Waals surface area (Å²) in [5, 5.41) is 3.47. The number of thiophene rings is 1. The number of hydrogen-bond acceptors (Lipinski definition) is 3. The summed E-state index contributed by atoms with van der Waals surface area (Å²) in [7, 11) is 0. The van der Waals surface area contributed by atoms with E-state index in [2.05, 4.69) is 33.4 Å². The second-order valence-corrected chi connectivity index (χ2v) is 6.56. The van der Waals surface area contributed by atoms with Crippen LogP contribution in [0, 0.1) is 0 Å². The highest BCUT2D eigenvalue weighted by molar-refractivity contribution is 9.11. The van der Waals surface area contributed by atoms with Gasteiger partial charge in [-0.1, -0.05) is 11.8 Å². The van der Waals surface area contributed by atoms with E-state index < -0.39 is 0 Å². The highest BCUT2D eigenvalue weighted by Crippen LogP contribution is 2.30. The van der Waals surface area contributed by atoms with Gasteiger partial charge in [0.2, 0.25) is 0 Å². The first-order valence-corrected chi connectivity index (χ1v) is 6.55. The smallest absolute Gasteiger partial charge is 0.0710 e. The summed E-state index contributed by atoms with van der Waals surface area (Å²) >= 11 is 7.14. The normalized spacial score (nSPS) is 16.8. The molecule has 1 nitrogen and oxygen atoms in total. The van der Waals surface area contributed by atoms with E-state index in [4.69, 9.17) is 0 Å². The number of halogens is 1. The lowest BCUT2D eigenvalue weighted by atomic mass is 10.7. The van der Waals surface area contributed by atoms with E-state index in [1.165, 1.54) is 20.8 Å². The first kappa shape index (κ1) is 9.06. The van der Waals surface area contributed by atoms with Crippen molar-refractivity contribution in [1.29, 1.82) is 0 Å². The minimum absolute atomic E-state index is 0.820. The van der Waals surface area contributed by atoms with E-state index in [1.807, 2.05) is 11.8 Å². The van der Waals surface area contributed by atoms with Gasteiger partial charge in [-0.2, -0.15) is 0 Å². The van der Waals surface area contributed by atoms with Crippen molar-refractivity contribution >= 4 is 39.0 Å². The summed E-state index contributed by atoms with van der Waals surface area (Å²) < 4.78 is 2.60. The van der Waals surface area contributed by atoms with E-state index >= 15 is 0 Å². The molecule has 1 heterocycles. The van der Waals surface area contributed by atoms with Crippen LogP contribution < -0.4 is 5.32 Å². The maximum absolute atomic E-state index is 3.47. The van der Waals surface area contributed by atoms with Crippen molar-refractivity contribution in [3.63, 3.8) is 0 Å². The molecule has 0 bridgehead atoms. The molecule has 1 N–H and O–H groups in total. The minimum Gasteiger partial charge on any atom is -0.305 e. The van der Waals surface area contributed by atoms with Gasteiger partial charge in [0.25, 0.3) is 0 Å². The number of nitrogens with one attached hydrogen (secondary N) is 1. The molecular formula is C8H10BrNS2. The van der Waals surface area contributed by atoms with Gasteiger partial charge in [0.1, 0.15) is 0 Å². The summed E-state index contributed by atoms with van der Waals surface area (Å²) in [5.41, 5.74) is 0. The molecule has 1 aliphatic carbocycles. The van der Waals surface area contributed by atoms with Crippen LogP contribution in [0.5, 0.6) is 0 Å². The minimum atomic E-state index is 0.820. The van der Waals surface area contributed by atoms with E-state index in [-0.39, 0.29) is 0 Å². The topological polar surface area (TPSA) is 12.0 Å². The lowest BCUT2D eigenvalue weighted by Gasteiger charge is -1.98. The Bertz CT molecular complexity index is 257. The van der Waals surface area contributed by atoms with Crippen molar-refractivity contribution in [2.75, 3.05) is 5.88 Å². The molecule has 0 unspecified atom stereocenters. The Hall–Kier alpha value is 0.490. The van der Waals surface area contributed by atoms with Crippen molar-refractivity contribution in [3.8, 4) is 0 Å². The van der Waals surface area contributed by atoms with Crippen LogP contribution in [0.2, 0.25) is 0 Å². The van der Waals surface area contributed by atoms with Crippen LogP contribution in [0.1, 0.15) is 12.8 Å². The predicted molar refractivity (Wildman–Crippen MR) is 58.9 cm³/mol. The Morgan fingerprint density at radius 1 is 1.58 bits per heavy atom. The number of hydrogen-bond donors (Lipinski definition) is 1. The van der Waals surface area contributed by atoms with E-state index in [9.17, 15) is 0 Å². The molecule has 2 rings (SSSR count). The zero-order chi connectivity index (χ0) is 8.39. The van der Waals surface area contributed by atoms with Crippen LogP contribution in [-0.4, -0.2) is 11.9 Å². The maximum atomic E-state index is 3.47. The van der Waals surface area contributed by atoms with E-state index in [0.29, 0.717) is 0 Å². The molecule has 12 heavy (non-hydrogen) atoms.